The summed E-state index contributed by atoms with van der Waals surface area (Å²) in [7, 11) is -3.38. The lowest BCUT2D eigenvalue weighted by Crippen LogP contribution is -2.47. The number of nitrogens with two attached hydrogens (primary N) is 1. The molecule has 3 saturated heterocycles. The molecule has 6 heteroatoms. The summed E-state index contributed by atoms with van der Waals surface area (Å²) in [4.78, 5) is 0. The van der Waals surface area contributed by atoms with Crippen molar-refractivity contribution in [1.82, 2.24) is 0 Å². The first kappa shape index (κ1) is 8.04. The maximum atomic E-state index is 11.6. The Morgan fingerprint density at radius 2 is 2.21 bits per heavy atom. The van der Waals surface area contributed by atoms with Crippen LogP contribution >= 0.6 is 0 Å². The first-order chi connectivity index (χ1) is 6.44. The van der Waals surface area contributed by atoms with E-state index >= 15 is 0 Å². The van der Waals surface area contributed by atoms with Crippen molar-refractivity contribution in [3.63, 3.8) is 0 Å². The molecule has 3 aliphatic heterocycles. The standard InChI is InChI=1S/C8H11NO4S/c1-7-5(9)3-2-4-8(7,12-3)6(7)13-14(4,10)11/h3-6H,2,9H2,1H3. The quantitative estimate of drug-likeness (QED) is 0.525. The fourth-order valence-corrected chi connectivity index (χ4v) is 5.84. The van der Waals surface area contributed by atoms with Crippen molar-refractivity contribution in [3.8, 4) is 0 Å². The third-order valence-corrected chi connectivity index (χ3v) is 6.34. The number of fused-ring (bicyclic) bond motifs is 2. The summed E-state index contributed by atoms with van der Waals surface area (Å²) >= 11 is 0. The highest BCUT2D eigenvalue weighted by atomic mass is 32.2. The third-order valence-electron chi connectivity index (χ3n) is 4.64. The lowest BCUT2D eigenvalue weighted by atomic mass is 9.85. The van der Waals surface area contributed by atoms with Crippen LogP contribution in [0.15, 0.2) is 0 Å². The average molecular weight is 217 g/mol. The van der Waals surface area contributed by atoms with Gasteiger partial charge in [0.25, 0.3) is 10.1 Å². The molecule has 6 atom stereocenters. The molecule has 4 rings (SSSR count). The second-order valence-electron chi connectivity index (χ2n) is 4.95. The maximum Gasteiger partial charge on any atom is 0.273 e. The van der Waals surface area contributed by atoms with Crippen LogP contribution in [0.2, 0.25) is 0 Å². The zero-order chi connectivity index (χ0) is 9.93. The predicted molar refractivity (Wildman–Crippen MR) is 45.9 cm³/mol. The van der Waals surface area contributed by atoms with E-state index in [1.165, 1.54) is 0 Å². The Hall–Kier alpha value is -0.170. The Morgan fingerprint density at radius 1 is 1.50 bits per heavy atom. The molecule has 78 valence electrons. The van der Waals surface area contributed by atoms with E-state index in [-0.39, 0.29) is 23.7 Å². The van der Waals surface area contributed by atoms with Gasteiger partial charge < -0.3 is 10.5 Å². The van der Waals surface area contributed by atoms with E-state index in [0.717, 1.165) is 0 Å². The molecule has 5 nitrogen and oxygen atoms in total. The van der Waals surface area contributed by atoms with Gasteiger partial charge in [-0.1, -0.05) is 6.92 Å². The van der Waals surface area contributed by atoms with Gasteiger partial charge in [0.15, 0.2) is 0 Å². The Balaban J connectivity index is 1.96. The third kappa shape index (κ3) is 0.462. The number of rotatable bonds is 0. The van der Waals surface area contributed by atoms with Gasteiger partial charge in [0, 0.05) is 11.5 Å². The summed E-state index contributed by atoms with van der Waals surface area (Å²) < 4.78 is 33.9. The van der Waals surface area contributed by atoms with Gasteiger partial charge in [-0.3, -0.25) is 4.18 Å². The van der Waals surface area contributed by atoms with E-state index < -0.39 is 21.0 Å². The minimum Gasteiger partial charge on any atom is -0.365 e. The van der Waals surface area contributed by atoms with Crippen LogP contribution in [-0.2, 0) is 19.0 Å². The zero-order valence-electron chi connectivity index (χ0n) is 7.64. The minimum atomic E-state index is -3.38. The summed E-state index contributed by atoms with van der Waals surface area (Å²) in [6.45, 7) is 1.98. The van der Waals surface area contributed by atoms with Gasteiger partial charge in [0.05, 0.1) is 6.10 Å². The maximum absolute atomic E-state index is 11.6. The highest BCUT2D eigenvalue weighted by molar-refractivity contribution is 7.87. The Labute approximate surface area is 81.7 Å². The first-order valence-electron chi connectivity index (χ1n) is 4.80. The van der Waals surface area contributed by atoms with Crippen molar-refractivity contribution in [2.45, 2.75) is 42.4 Å². The molecule has 0 aromatic carbocycles. The molecule has 1 saturated carbocycles. The Morgan fingerprint density at radius 3 is 2.93 bits per heavy atom. The Kier molecular flexibility index (Phi) is 0.956. The van der Waals surface area contributed by atoms with E-state index in [0.29, 0.717) is 6.42 Å². The van der Waals surface area contributed by atoms with Crippen molar-refractivity contribution < 1.29 is 17.3 Å². The van der Waals surface area contributed by atoms with E-state index in [4.69, 9.17) is 14.7 Å². The molecule has 14 heavy (non-hydrogen) atoms. The highest BCUT2D eigenvalue weighted by Crippen LogP contribution is 2.78. The van der Waals surface area contributed by atoms with Crippen molar-refractivity contribution >= 4 is 10.1 Å². The van der Waals surface area contributed by atoms with Crippen LogP contribution in [0.5, 0.6) is 0 Å². The summed E-state index contributed by atoms with van der Waals surface area (Å²) in [5, 5.41) is -0.463. The van der Waals surface area contributed by atoms with Gasteiger partial charge in [-0.25, -0.2) is 0 Å². The smallest absolute Gasteiger partial charge is 0.273 e. The van der Waals surface area contributed by atoms with Crippen LogP contribution in [0.1, 0.15) is 13.3 Å². The van der Waals surface area contributed by atoms with E-state index in [9.17, 15) is 8.42 Å². The minimum absolute atomic E-state index is 0.0701. The molecule has 2 bridgehead atoms. The number of hydrogen-bond acceptors (Lipinski definition) is 5. The molecule has 2 N–H and O–H groups in total. The normalized spacial score (nSPS) is 71.0. The number of hydrogen-bond donors (Lipinski definition) is 1. The zero-order valence-corrected chi connectivity index (χ0v) is 8.45. The van der Waals surface area contributed by atoms with Crippen molar-refractivity contribution in [2.75, 3.05) is 0 Å². The Bertz CT molecular complexity index is 448. The molecule has 0 amide bonds. The van der Waals surface area contributed by atoms with Crippen LogP contribution in [0, 0.1) is 5.41 Å². The van der Waals surface area contributed by atoms with Gasteiger partial charge >= 0.3 is 0 Å². The fraction of sp³-hybridized carbons (Fsp3) is 1.00. The molecule has 6 unspecified atom stereocenters. The second kappa shape index (κ2) is 1.67. The van der Waals surface area contributed by atoms with Gasteiger partial charge in [0.2, 0.25) is 0 Å². The van der Waals surface area contributed by atoms with Crippen molar-refractivity contribution in [1.29, 1.82) is 0 Å². The first-order valence-corrected chi connectivity index (χ1v) is 6.27. The molecule has 0 aromatic heterocycles. The molecule has 1 spiro atoms. The van der Waals surface area contributed by atoms with Crippen molar-refractivity contribution in [2.24, 2.45) is 11.1 Å². The number of ether oxygens (including phenoxy) is 1. The lowest BCUT2D eigenvalue weighted by molar-refractivity contribution is 0.0329. The van der Waals surface area contributed by atoms with Crippen LogP contribution in [-0.4, -0.2) is 37.5 Å². The van der Waals surface area contributed by atoms with Gasteiger partial charge in [-0.15, -0.1) is 0 Å². The largest absolute Gasteiger partial charge is 0.365 e. The molecule has 3 heterocycles. The summed E-state index contributed by atoms with van der Waals surface area (Å²) in [5.74, 6) is 0. The van der Waals surface area contributed by atoms with Crippen molar-refractivity contribution in [3.05, 3.63) is 0 Å². The van der Waals surface area contributed by atoms with Crippen LogP contribution in [0.4, 0.5) is 0 Å². The molecule has 1 aliphatic carbocycles. The van der Waals surface area contributed by atoms with Gasteiger partial charge in [0.1, 0.15) is 17.0 Å². The molecule has 4 aliphatic rings. The second-order valence-corrected chi connectivity index (χ2v) is 6.70. The van der Waals surface area contributed by atoms with E-state index in [2.05, 4.69) is 0 Å². The van der Waals surface area contributed by atoms with Crippen LogP contribution in [0.25, 0.3) is 0 Å². The monoisotopic (exact) mass is 217 g/mol. The summed E-state index contributed by atoms with van der Waals surface area (Å²) in [6.07, 6.45) is 0.106. The van der Waals surface area contributed by atoms with Crippen LogP contribution in [0.3, 0.4) is 0 Å². The lowest BCUT2D eigenvalue weighted by Gasteiger charge is -2.27. The molecule has 0 radical (unpaired) electrons. The predicted octanol–water partition coefficient (Wildman–Crippen LogP) is -1.03. The average Bonchev–Trinajstić information content (AvgIpc) is 2.51. The van der Waals surface area contributed by atoms with Gasteiger partial charge in [-0.2, -0.15) is 8.42 Å². The molecular weight excluding hydrogens is 206 g/mol. The fourth-order valence-electron chi connectivity index (χ4n) is 3.81. The van der Waals surface area contributed by atoms with E-state index in [1.807, 2.05) is 6.92 Å². The SMILES string of the molecule is CC12C(N)C3CC4C1(O3)C2OS4(=O)=O. The highest BCUT2D eigenvalue weighted by Gasteiger charge is 2.95. The van der Waals surface area contributed by atoms with Crippen LogP contribution < -0.4 is 5.73 Å². The summed E-state index contributed by atoms with van der Waals surface area (Å²) in [5.41, 5.74) is 5.16. The van der Waals surface area contributed by atoms with E-state index in [1.54, 1.807) is 0 Å². The topological polar surface area (TPSA) is 78.6 Å². The molecular formula is C8H11NO4S. The summed E-state index contributed by atoms with van der Waals surface area (Å²) in [6, 6.07) is -0.0701. The van der Waals surface area contributed by atoms with Gasteiger partial charge in [-0.05, 0) is 6.42 Å². The molecule has 4 fully saturated rings. The molecule has 0 aromatic rings.